The lowest BCUT2D eigenvalue weighted by molar-refractivity contribution is -0.128. The molecule has 2 aromatic rings. The quantitative estimate of drug-likeness (QED) is 0.809. The summed E-state index contributed by atoms with van der Waals surface area (Å²) in [4.78, 5) is 12.8. The second kappa shape index (κ2) is 7.63. The summed E-state index contributed by atoms with van der Waals surface area (Å²) in [6.45, 7) is 10.1. The Kier molecular flexibility index (Phi) is 5.45. The zero-order valence-electron chi connectivity index (χ0n) is 16.8. The Balaban J connectivity index is 1.74. The maximum absolute atomic E-state index is 12.8. The molecule has 0 aliphatic carbocycles. The number of hydrogen-bond acceptors (Lipinski definition) is 3. The molecule has 0 radical (unpaired) electrons. The number of benzene rings is 2. The Bertz CT molecular complexity index is 813. The van der Waals surface area contributed by atoms with Gasteiger partial charge < -0.3 is 14.8 Å². The summed E-state index contributed by atoms with van der Waals surface area (Å²) in [6.07, 6.45) is 0.133. The lowest BCUT2D eigenvalue weighted by Gasteiger charge is -2.38. The number of amides is 1. The number of carbonyl (C=O) groups is 1. The summed E-state index contributed by atoms with van der Waals surface area (Å²) in [5.74, 6) is 1.81. The molecular formula is C23H29NO3. The van der Waals surface area contributed by atoms with Crippen LogP contribution in [0.2, 0.25) is 0 Å². The van der Waals surface area contributed by atoms with Gasteiger partial charge in [0, 0.05) is 12.0 Å². The molecule has 0 bridgehead atoms. The summed E-state index contributed by atoms with van der Waals surface area (Å²) in [7, 11) is 0. The summed E-state index contributed by atoms with van der Waals surface area (Å²) in [5.41, 5.74) is 1.79. The van der Waals surface area contributed by atoms with Crippen LogP contribution in [0.25, 0.3) is 0 Å². The van der Waals surface area contributed by atoms with E-state index in [0.29, 0.717) is 12.3 Å². The number of hydrogen-bond donors (Lipinski definition) is 1. The van der Waals surface area contributed by atoms with E-state index in [1.54, 1.807) is 6.92 Å². The topological polar surface area (TPSA) is 47.6 Å². The van der Waals surface area contributed by atoms with Crippen LogP contribution in [-0.4, -0.2) is 17.6 Å². The van der Waals surface area contributed by atoms with Crippen molar-refractivity contribution < 1.29 is 14.3 Å². The van der Waals surface area contributed by atoms with Gasteiger partial charge in [0.05, 0.1) is 6.04 Å². The SMILES string of the molecule is CC(C)c1ccccc1O[C@H](C)C(=O)N[C@H]1CC(C)(C)Oc2ccccc21. The van der Waals surface area contributed by atoms with Crippen LogP contribution in [0.3, 0.4) is 0 Å². The minimum atomic E-state index is -0.581. The zero-order valence-corrected chi connectivity index (χ0v) is 16.8. The first-order valence-electron chi connectivity index (χ1n) is 9.61. The smallest absolute Gasteiger partial charge is 0.261 e. The molecule has 2 atom stereocenters. The average molecular weight is 367 g/mol. The molecule has 0 unspecified atom stereocenters. The van der Waals surface area contributed by atoms with E-state index in [4.69, 9.17) is 9.47 Å². The van der Waals surface area contributed by atoms with Gasteiger partial charge in [0.25, 0.3) is 5.91 Å². The van der Waals surface area contributed by atoms with E-state index in [1.807, 2.05) is 62.4 Å². The molecule has 1 heterocycles. The molecule has 0 spiro atoms. The first-order valence-corrected chi connectivity index (χ1v) is 9.61. The highest BCUT2D eigenvalue weighted by Crippen LogP contribution is 2.39. The van der Waals surface area contributed by atoms with Crippen molar-refractivity contribution in [1.29, 1.82) is 0 Å². The molecule has 1 aliphatic rings. The maximum Gasteiger partial charge on any atom is 0.261 e. The monoisotopic (exact) mass is 367 g/mol. The van der Waals surface area contributed by atoms with Crippen LogP contribution in [0.15, 0.2) is 48.5 Å². The summed E-state index contributed by atoms with van der Waals surface area (Å²) in [6, 6.07) is 15.7. The highest BCUT2D eigenvalue weighted by atomic mass is 16.5. The van der Waals surface area contributed by atoms with Gasteiger partial charge in [-0.1, -0.05) is 50.2 Å². The molecule has 0 saturated heterocycles. The van der Waals surface area contributed by atoms with Crippen molar-refractivity contribution in [2.24, 2.45) is 0 Å². The molecule has 0 aromatic heterocycles. The molecular weight excluding hydrogens is 338 g/mol. The predicted octanol–water partition coefficient (Wildman–Crippen LogP) is 5.00. The number of ether oxygens (including phenoxy) is 2. The molecule has 4 heteroatoms. The lowest BCUT2D eigenvalue weighted by atomic mass is 9.89. The van der Waals surface area contributed by atoms with Gasteiger partial charge in [-0.15, -0.1) is 0 Å². The van der Waals surface area contributed by atoms with Gasteiger partial charge in [-0.2, -0.15) is 0 Å². The second-order valence-corrected chi connectivity index (χ2v) is 8.12. The van der Waals surface area contributed by atoms with E-state index in [2.05, 4.69) is 19.2 Å². The van der Waals surface area contributed by atoms with E-state index >= 15 is 0 Å². The first-order chi connectivity index (χ1) is 12.8. The van der Waals surface area contributed by atoms with Crippen molar-refractivity contribution in [2.75, 3.05) is 0 Å². The Labute approximate surface area is 161 Å². The fourth-order valence-corrected chi connectivity index (χ4v) is 3.53. The Morgan fingerprint density at radius 3 is 2.52 bits per heavy atom. The van der Waals surface area contributed by atoms with Gasteiger partial charge in [-0.3, -0.25) is 4.79 Å². The summed E-state index contributed by atoms with van der Waals surface area (Å²) < 4.78 is 12.1. The normalized spacial score (nSPS) is 19.0. The van der Waals surface area contributed by atoms with Crippen LogP contribution in [0, 0.1) is 0 Å². The summed E-state index contributed by atoms with van der Waals surface area (Å²) in [5, 5.41) is 3.16. The highest BCUT2D eigenvalue weighted by Gasteiger charge is 2.35. The lowest BCUT2D eigenvalue weighted by Crippen LogP contribution is -2.44. The molecule has 0 saturated carbocycles. The van der Waals surface area contributed by atoms with Crippen LogP contribution < -0.4 is 14.8 Å². The molecule has 144 valence electrons. The van der Waals surface area contributed by atoms with Crippen molar-refractivity contribution in [3.05, 3.63) is 59.7 Å². The maximum atomic E-state index is 12.8. The van der Waals surface area contributed by atoms with Crippen molar-refractivity contribution >= 4 is 5.91 Å². The number of para-hydroxylation sites is 2. The average Bonchev–Trinajstić information content (AvgIpc) is 2.61. The number of fused-ring (bicyclic) bond motifs is 1. The predicted molar refractivity (Wildman–Crippen MR) is 107 cm³/mol. The van der Waals surface area contributed by atoms with Crippen molar-refractivity contribution in [2.45, 2.75) is 64.7 Å². The van der Waals surface area contributed by atoms with E-state index in [1.165, 1.54) is 0 Å². The van der Waals surface area contributed by atoms with Crippen LogP contribution in [0.5, 0.6) is 11.5 Å². The van der Waals surface area contributed by atoms with E-state index in [-0.39, 0.29) is 17.6 Å². The van der Waals surface area contributed by atoms with E-state index in [9.17, 15) is 4.79 Å². The van der Waals surface area contributed by atoms with Gasteiger partial charge in [0.15, 0.2) is 6.10 Å². The van der Waals surface area contributed by atoms with Gasteiger partial charge in [0.2, 0.25) is 0 Å². The Morgan fingerprint density at radius 2 is 1.78 bits per heavy atom. The third kappa shape index (κ3) is 4.44. The molecule has 27 heavy (non-hydrogen) atoms. The number of rotatable bonds is 5. The standard InChI is InChI=1S/C23H29NO3/c1-15(2)17-10-6-8-12-20(17)26-16(3)22(25)24-19-14-23(4,5)27-21-13-9-7-11-18(19)21/h6-13,15-16,19H,14H2,1-5H3,(H,24,25)/t16-,19+/m1/s1. The van der Waals surface area contributed by atoms with Gasteiger partial charge in [-0.25, -0.2) is 0 Å². The fraction of sp³-hybridized carbons (Fsp3) is 0.435. The van der Waals surface area contributed by atoms with Crippen molar-refractivity contribution in [3.63, 3.8) is 0 Å². The largest absolute Gasteiger partial charge is 0.487 e. The summed E-state index contributed by atoms with van der Waals surface area (Å²) >= 11 is 0. The minimum Gasteiger partial charge on any atom is -0.487 e. The molecule has 3 rings (SSSR count). The molecule has 0 fully saturated rings. The van der Waals surface area contributed by atoms with E-state index in [0.717, 1.165) is 22.6 Å². The fourth-order valence-electron chi connectivity index (χ4n) is 3.53. The second-order valence-electron chi connectivity index (χ2n) is 8.12. The Morgan fingerprint density at radius 1 is 1.11 bits per heavy atom. The van der Waals surface area contributed by atoms with Crippen LogP contribution >= 0.6 is 0 Å². The number of nitrogens with one attached hydrogen (secondary N) is 1. The molecule has 1 aliphatic heterocycles. The van der Waals surface area contributed by atoms with Gasteiger partial charge >= 0.3 is 0 Å². The molecule has 1 N–H and O–H groups in total. The van der Waals surface area contributed by atoms with Crippen molar-refractivity contribution in [3.8, 4) is 11.5 Å². The third-order valence-electron chi connectivity index (χ3n) is 4.91. The zero-order chi connectivity index (χ0) is 19.6. The van der Waals surface area contributed by atoms with E-state index < -0.39 is 6.10 Å². The van der Waals surface area contributed by atoms with Crippen LogP contribution in [0.4, 0.5) is 0 Å². The van der Waals surface area contributed by atoms with Gasteiger partial charge in [0.1, 0.15) is 17.1 Å². The minimum absolute atomic E-state index is 0.0937. The molecule has 4 nitrogen and oxygen atoms in total. The van der Waals surface area contributed by atoms with Crippen LogP contribution in [0.1, 0.15) is 64.1 Å². The highest BCUT2D eigenvalue weighted by molar-refractivity contribution is 5.81. The molecule has 1 amide bonds. The third-order valence-corrected chi connectivity index (χ3v) is 4.91. The molecule has 2 aromatic carbocycles. The van der Waals surface area contributed by atoms with Crippen LogP contribution in [-0.2, 0) is 4.79 Å². The first kappa shape index (κ1) is 19.3. The number of carbonyl (C=O) groups excluding carboxylic acids is 1. The van der Waals surface area contributed by atoms with Gasteiger partial charge in [-0.05, 0) is 44.4 Å². The Hall–Kier alpha value is -2.49. The van der Waals surface area contributed by atoms with Crippen molar-refractivity contribution in [1.82, 2.24) is 5.32 Å².